The standard InChI is InChI=1S/C28H30Cl3N3O4S/c1-3-15-32-28(36)26(16-20-7-5-4-6-8-20)34(18-21-9-10-23(30)17-25(21)31)27(35)19-33(2)39(37,38)24-13-11-22(29)12-14-24/h4-14,17,26H,3,15-16,18-19H2,1-2H3,(H,32,36). The van der Waals surface area contributed by atoms with Gasteiger partial charge >= 0.3 is 0 Å². The fraction of sp³-hybridized carbons (Fsp3) is 0.286. The van der Waals surface area contributed by atoms with Gasteiger partial charge in [-0.3, -0.25) is 9.59 Å². The van der Waals surface area contributed by atoms with Gasteiger partial charge in [-0.2, -0.15) is 4.31 Å². The lowest BCUT2D eigenvalue weighted by Crippen LogP contribution is -2.53. The van der Waals surface area contributed by atoms with Crippen LogP contribution in [0.5, 0.6) is 0 Å². The molecule has 3 rings (SSSR count). The van der Waals surface area contributed by atoms with Crippen LogP contribution in [0.4, 0.5) is 0 Å². The van der Waals surface area contributed by atoms with Crippen molar-refractivity contribution in [3.05, 3.63) is 99.0 Å². The van der Waals surface area contributed by atoms with Crippen LogP contribution in [0.1, 0.15) is 24.5 Å². The highest BCUT2D eigenvalue weighted by atomic mass is 35.5. The highest BCUT2D eigenvalue weighted by molar-refractivity contribution is 7.89. The molecule has 0 bridgehead atoms. The molecule has 39 heavy (non-hydrogen) atoms. The number of hydrogen-bond acceptors (Lipinski definition) is 4. The zero-order chi connectivity index (χ0) is 28.6. The van der Waals surface area contributed by atoms with Crippen molar-refractivity contribution in [2.75, 3.05) is 20.1 Å². The van der Waals surface area contributed by atoms with Crippen molar-refractivity contribution in [2.45, 2.75) is 37.2 Å². The molecule has 3 aromatic rings. The van der Waals surface area contributed by atoms with E-state index in [0.717, 1.165) is 9.87 Å². The van der Waals surface area contributed by atoms with Crippen LogP contribution >= 0.6 is 34.8 Å². The molecule has 208 valence electrons. The summed E-state index contributed by atoms with van der Waals surface area (Å²) in [5.74, 6) is -0.906. The Labute approximate surface area is 244 Å². The summed E-state index contributed by atoms with van der Waals surface area (Å²) < 4.78 is 27.3. The van der Waals surface area contributed by atoms with Gasteiger partial charge in [-0.05, 0) is 53.9 Å². The summed E-state index contributed by atoms with van der Waals surface area (Å²) in [7, 11) is -2.69. The smallest absolute Gasteiger partial charge is 0.243 e. The Morgan fingerprint density at radius 1 is 0.923 bits per heavy atom. The van der Waals surface area contributed by atoms with Gasteiger partial charge in [0.2, 0.25) is 21.8 Å². The third-order valence-electron chi connectivity index (χ3n) is 6.06. The molecule has 1 atom stereocenters. The normalized spacial score (nSPS) is 12.3. The van der Waals surface area contributed by atoms with E-state index in [9.17, 15) is 18.0 Å². The van der Waals surface area contributed by atoms with Gasteiger partial charge < -0.3 is 10.2 Å². The topological polar surface area (TPSA) is 86.8 Å². The molecular weight excluding hydrogens is 581 g/mol. The number of likely N-dealkylation sites (N-methyl/N-ethyl adjacent to an activating group) is 1. The molecule has 0 aromatic heterocycles. The Balaban J connectivity index is 1.98. The average Bonchev–Trinajstić information content (AvgIpc) is 2.91. The third-order valence-corrected chi connectivity index (χ3v) is 8.71. The number of amides is 2. The second kappa shape index (κ2) is 14.1. The van der Waals surface area contributed by atoms with Gasteiger partial charge in [0, 0.05) is 41.6 Å². The van der Waals surface area contributed by atoms with Crippen molar-refractivity contribution in [3.8, 4) is 0 Å². The minimum absolute atomic E-state index is 0.00369. The average molecular weight is 611 g/mol. The summed E-state index contributed by atoms with van der Waals surface area (Å²) in [6.07, 6.45) is 0.934. The second-order valence-corrected chi connectivity index (χ2v) is 12.3. The maximum Gasteiger partial charge on any atom is 0.243 e. The number of sulfonamides is 1. The summed E-state index contributed by atoms with van der Waals surface area (Å²) in [4.78, 5) is 28.6. The predicted molar refractivity (Wildman–Crippen MR) is 156 cm³/mol. The highest BCUT2D eigenvalue weighted by Crippen LogP contribution is 2.25. The molecule has 1 N–H and O–H groups in total. The number of halogens is 3. The third kappa shape index (κ3) is 8.43. The summed E-state index contributed by atoms with van der Waals surface area (Å²) in [6, 6.07) is 18.9. The van der Waals surface area contributed by atoms with E-state index in [0.29, 0.717) is 33.6 Å². The largest absolute Gasteiger partial charge is 0.354 e. The Morgan fingerprint density at radius 2 is 1.56 bits per heavy atom. The lowest BCUT2D eigenvalue weighted by atomic mass is 10.0. The van der Waals surface area contributed by atoms with E-state index in [1.165, 1.54) is 36.2 Å². The molecule has 3 aromatic carbocycles. The molecule has 7 nitrogen and oxygen atoms in total. The van der Waals surface area contributed by atoms with E-state index in [1.807, 2.05) is 37.3 Å². The number of benzene rings is 3. The molecule has 1 unspecified atom stereocenters. The molecule has 11 heteroatoms. The fourth-order valence-corrected chi connectivity index (χ4v) is 5.62. The van der Waals surface area contributed by atoms with Gasteiger partial charge in [0.1, 0.15) is 6.04 Å². The SMILES string of the molecule is CCCNC(=O)C(Cc1ccccc1)N(Cc1ccc(Cl)cc1Cl)C(=O)CN(C)S(=O)(=O)c1ccc(Cl)cc1. The van der Waals surface area contributed by atoms with Gasteiger partial charge in [-0.25, -0.2) is 8.42 Å². The fourth-order valence-electron chi connectivity index (χ4n) is 3.91. The van der Waals surface area contributed by atoms with Gasteiger partial charge in [0.05, 0.1) is 11.4 Å². The molecular formula is C28H30Cl3N3O4S. The van der Waals surface area contributed by atoms with E-state index < -0.39 is 28.5 Å². The molecule has 0 radical (unpaired) electrons. The highest BCUT2D eigenvalue weighted by Gasteiger charge is 2.33. The van der Waals surface area contributed by atoms with E-state index >= 15 is 0 Å². The van der Waals surface area contributed by atoms with Crippen molar-refractivity contribution >= 4 is 56.6 Å². The zero-order valence-electron chi connectivity index (χ0n) is 21.6. The monoisotopic (exact) mass is 609 g/mol. The lowest BCUT2D eigenvalue weighted by Gasteiger charge is -2.33. The Hall–Kier alpha value is -2.62. The zero-order valence-corrected chi connectivity index (χ0v) is 24.7. The summed E-state index contributed by atoms with van der Waals surface area (Å²) in [6.45, 7) is 1.83. The lowest BCUT2D eigenvalue weighted by molar-refractivity contribution is -0.141. The number of hydrogen-bond donors (Lipinski definition) is 1. The molecule has 0 fully saturated rings. The van der Waals surface area contributed by atoms with Gasteiger partial charge in [0.25, 0.3) is 0 Å². The number of rotatable bonds is 12. The molecule has 0 spiro atoms. The number of carbonyl (C=O) groups is 2. The van der Waals surface area contributed by atoms with Crippen molar-refractivity contribution in [1.82, 2.24) is 14.5 Å². The number of carbonyl (C=O) groups excluding carboxylic acids is 2. The quantitative estimate of drug-likeness (QED) is 0.296. The maximum atomic E-state index is 13.8. The molecule has 0 aliphatic rings. The van der Waals surface area contributed by atoms with Gasteiger partial charge in [0.15, 0.2) is 0 Å². The summed E-state index contributed by atoms with van der Waals surface area (Å²) >= 11 is 18.4. The van der Waals surface area contributed by atoms with E-state index in [4.69, 9.17) is 34.8 Å². The van der Waals surface area contributed by atoms with Gasteiger partial charge in [-0.15, -0.1) is 0 Å². The first-order chi connectivity index (χ1) is 18.5. The van der Waals surface area contributed by atoms with Crippen molar-refractivity contribution in [1.29, 1.82) is 0 Å². The molecule has 0 aliphatic heterocycles. The summed E-state index contributed by atoms with van der Waals surface area (Å²) in [5, 5.41) is 4.03. The van der Waals surface area contributed by atoms with Crippen LogP contribution in [0.15, 0.2) is 77.7 Å². The van der Waals surface area contributed by atoms with Crippen LogP contribution in [-0.2, 0) is 32.6 Å². The first kappa shape index (κ1) is 30.9. The van der Waals surface area contributed by atoms with Crippen LogP contribution in [0.2, 0.25) is 15.1 Å². The first-order valence-corrected chi connectivity index (χ1v) is 14.9. The van der Waals surface area contributed by atoms with Crippen molar-refractivity contribution in [2.24, 2.45) is 0 Å². The van der Waals surface area contributed by atoms with Crippen LogP contribution in [0.25, 0.3) is 0 Å². The Bertz CT molecular complexity index is 1390. The van der Waals surface area contributed by atoms with E-state index in [2.05, 4.69) is 5.32 Å². The number of nitrogens with zero attached hydrogens (tertiary/aromatic N) is 2. The van der Waals surface area contributed by atoms with Crippen molar-refractivity contribution in [3.63, 3.8) is 0 Å². The first-order valence-electron chi connectivity index (χ1n) is 12.3. The number of nitrogens with one attached hydrogen (secondary N) is 1. The minimum atomic E-state index is -4.01. The van der Waals surface area contributed by atoms with Crippen LogP contribution < -0.4 is 5.32 Å². The van der Waals surface area contributed by atoms with E-state index in [-0.39, 0.29) is 23.8 Å². The molecule has 0 aliphatic carbocycles. The molecule has 0 heterocycles. The molecule has 2 amide bonds. The molecule has 0 saturated carbocycles. The van der Waals surface area contributed by atoms with Crippen LogP contribution in [-0.4, -0.2) is 55.6 Å². The maximum absolute atomic E-state index is 13.8. The van der Waals surface area contributed by atoms with Crippen LogP contribution in [0.3, 0.4) is 0 Å². The van der Waals surface area contributed by atoms with Crippen LogP contribution in [0, 0.1) is 0 Å². The van der Waals surface area contributed by atoms with Crippen molar-refractivity contribution < 1.29 is 18.0 Å². The Kier molecular flexibility index (Phi) is 11.2. The second-order valence-electron chi connectivity index (χ2n) is 8.97. The minimum Gasteiger partial charge on any atom is -0.354 e. The predicted octanol–water partition coefficient (Wildman–Crippen LogP) is 5.43. The van der Waals surface area contributed by atoms with Gasteiger partial charge in [-0.1, -0.05) is 78.1 Å². The Morgan fingerprint density at radius 3 is 2.18 bits per heavy atom. The molecule has 0 saturated heterocycles. The summed E-state index contributed by atoms with van der Waals surface area (Å²) in [5.41, 5.74) is 1.41. The van der Waals surface area contributed by atoms with E-state index in [1.54, 1.807) is 18.2 Å².